The van der Waals surface area contributed by atoms with Gasteiger partial charge in [0.25, 0.3) is 0 Å². The summed E-state index contributed by atoms with van der Waals surface area (Å²) >= 11 is 2.20. The quantitative estimate of drug-likeness (QED) is 0.289. The van der Waals surface area contributed by atoms with Crippen LogP contribution in [0.5, 0.6) is 0 Å². The number of benzene rings is 1. The molecule has 0 fully saturated rings. The molecule has 0 aliphatic heterocycles. The van der Waals surface area contributed by atoms with Crippen LogP contribution in [0.4, 0.5) is 0 Å². The lowest BCUT2D eigenvalue weighted by atomic mass is 9.68. The molecule has 0 spiro atoms. The van der Waals surface area contributed by atoms with E-state index in [9.17, 15) is 24.6 Å². The first-order valence-electron chi connectivity index (χ1n) is 9.99. The zero-order valence-corrected chi connectivity index (χ0v) is 19.7. The topological polar surface area (TPSA) is 124 Å². The molecule has 0 radical (unpaired) electrons. The molecule has 31 heavy (non-hydrogen) atoms. The summed E-state index contributed by atoms with van der Waals surface area (Å²) in [6.45, 7) is 4.27. The van der Waals surface area contributed by atoms with Gasteiger partial charge >= 0.3 is 5.97 Å². The van der Waals surface area contributed by atoms with Gasteiger partial charge in [0.05, 0.1) is 24.7 Å². The molecule has 1 aliphatic carbocycles. The second-order valence-corrected chi connectivity index (χ2v) is 9.23. The molecule has 3 rings (SSSR count). The molecule has 166 valence electrons. The fraction of sp³-hybridized carbons (Fsp3) is 0.455. The van der Waals surface area contributed by atoms with Crippen molar-refractivity contribution in [2.75, 3.05) is 7.11 Å². The number of rotatable bonds is 7. The van der Waals surface area contributed by atoms with Crippen LogP contribution in [0.1, 0.15) is 61.3 Å². The van der Waals surface area contributed by atoms with Crippen molar-refractivity contribution >= 4 is 40.5 Å². The van der Waals surface area contributed by atoms with Gasteiger partial charge in [0.1, 0.15) is 5.82 Å². The summed E-state index contributed by atoms with van der Waals surface area (Å²) in [5.74, 6) is -6.00. The van der Waals surface area contributed by atoms with E-state index in [0.29, 0.717) is 36.6 Å². The van der Waals surface area contributed by atoms with E-state index in [1.165, 1.54) is 0 Å². The molecule has 9 heteroatoms. The number of nitrogens with zero attached hydrogens (tertiary/aromatic N) is 2. The maximum atomic E-state index is 12.6. The van der Waals surface area contributed by atoms with Crippen molar-refractivity contribution < 1.29 is 29.3 Å². The van der Waals surface area contributed by atoms with Crippen molar-refractivity contribution in [1.29, 1.82) is 0 Å². The summed E-state index contributed by atoms with van der Waals surface area (Å²) in [6, 6.07) is 7.79. The second-order valence-electron chi connectivity index (χ2n) is 7.99. The number of hydrogen-bond acceptors (Lipinski definition) is 7. The molecule has 0 saturated heterocycles. The standard InChI is InChI=1S/C22H25IN2O6/c1-12(2)18-24-16-6-4-5-15(22(19(26)27,20(28)29)21(30)31-3)17(16)25(18)11-13-7-9-14(23)10-8-13/h7-10,12,15H,4-6,11H2,1-3H3,(H,26,27)(H,28,29)/p-2. The highest BCUT2D eigenvalue weighted by Crippen LogP contribution is 2.46. The Labute approximate surface area is 193 Å². The van der Waals surface area contributed by atoms with Crippen LogP contribution < -0.4 is 10.2 Å². The van der Waals surface area contributed by atoms with Gasteiger partial charge in [-0.3, -0.25) is 4.79 Å². The Balaban J connectivity index is 2.25. The predicted octanol–water partition coefficient (Wildman–Crippen LogP) is 0.738. The van der Waals surface area contributed by atoms with Gasteiger partial charge in [-0.15, -0.1) is 0 Å². The van der Waals surface area contributed by atoms with Gasteiger partial charge in [-0.25, -0.2) is 4.98 Å². The van der Waals surface area contributed by atoms with Crippen LogP contribution in [0.3, 0.4) is 0 Å². The molecule has 1 aliphatic rings. The number of carboxylic acids is 2. The minimum absolute atomic E-state index is 0.00599. The maximum Gasteiger partial charge on any atom is 0.324 e. The molecule has 1 atom stereocenters. The molecule has 2 aromatic rings. The molecule has 1 aromatic carbocycles. The van der Waals surface area contributed by atoms with Crippen molar-refractivity contribution in [1.82, 2.24) is 9.55 Å². The Hall–Kier alpha value is -2.43. The molecule has 0 N–H and O–H groups in total. The number of carbonyl (C=O) groups excluding carboxylic acids is 3. The molecule has 0 bridgehead atoms. The molecular weight excluding hydrogens is 515 g/mol. The number of esters is 1. The summed E-state index contributed by atoms with van der Waals surface area (Å²) in [4.78, 5) is 41.6. The summed E-state index contributed by atoms with van der Waals surface area (Å²) in [5, 5.41) is 24.3. The van der Waals surface area contributed by atoms with Gasteiger partial charge in [0.2, 0.25) is 0 Å². The average Bonchev–Trinajstić information content (AvgIpc) is 3.09. The number of carboxylic acid groups (broad SMARTS) is 2. The number of aryl methyl sites for hydroxylation is 1. The van der Waals surface area contributed by atoms with Crippen LogP contribution in [0, 0.1) is 8.99 Å². The van der Waals surface area contributed by atoms with Crippen LogP contribution in [-0.4, -0.2) is 34.6 Å². The van der Waals surface area contributed by atoms with Crippen LogP contribution in [0.25, 0.3) is 0 Å². The lowest BCUT2D eigenvalue weighted by molar-refractivity contribution is -0.342. The van der Waals surface area contributed by atoms with E-state index in [-0.39, 0.29) is 12.3 Å². The number of aromatic nitrogens is 2. The second kappa shape index (κ2) is 8.97. The molecule has 8 nitrogen and oxygen atoms in total. The molecule has 0 saturated carbocycles. The van der Waals surface area contributed by atoms with Crippen molar-refractivity contribution in [2.45, 2.75) is 51.5 Å². The molecular formula is C22H23IN2O6-2. The molecule has 1 unspecified atom stereocenters. The van der Waals surface area contributed by atoms with Crippen LogP contribution in [0.2, 0.25) is 0 Å². The minimum Gasteiger partial charge on any atom is -0.548 e. The lowest BCUT2D eigenvalue weighted by Gasteiger charge is -2.41. The smallest absolute Gasteiger partial charge is 0.324 e. The summed E-state index contributed by atoms with van der Waals surface area (Å²) < 4.78 is 7.53. The number of imidazole rings is 1. The zero-order chi connectivity index (χ0) is 22.9. The molecule has 1 heterocycles. The fourth-order valence-electron chi connectivity index (χ4n) is 4.36. The SMILES string of the molecule is COC(=O)C(C(=O)[O-])(C(=O)[O-])C1CCCc2nc(C(C)C)n(Cc3ccc(I)cc3)c21. The fourth-order valence-corrected chi connectivity index (χ4v) is 4.72. The van der Waals surface area contributed by atoms with Crippen LogP contribution in [0.15, 0.2) is 24.3 Å². The highest BCUT2D eigenvalue weighted by atomic mass is 127. The Morgan fingerprint density at radius 1 is 1.23 bits per heavy atom. The average molecular weight is 538 g/mol. The van der Waals surface area contributed by atoms with Crippen molar-refractivity contribution in [3.05, 3.63) is 50.6 Å². The number of hydrogen-bond donors (Lipinski definition) is 0. The van der Waals surface area contributed by atoms with Gasteiger partial charge in [-0.1, -0.05) is 26.0 Å². The highest BCUT2D eigenvalue weighted by molar-refractivity contribution is 14.1. The van der Waals surface area contributed by atoms with Gasteiger partial charge < -0.3 is 29.1 Å². The van der Waals surface area contributed by atoms with Crippen LogP contribution in [-0.2, 0) is 32.1 Å². The number of halogens is 1. The highest BCUT2D eigenvalue weighted by Gasteiger charge is 2.53. The third kappa shape index (κ3) is 3.95. The van der Waals surface area contributed by atoms with E-state index in [1.807, 2.05) is 42.7 Å². The Morgan fingerprint density at radius 3 is 2.35 bits per heavy atom. The summed E-state index contributed by atoms with van der Waals surface area (Å²) in [5.41, 5.74) is -0.992. The van der Waals surface area contributed by atoms with E-state index in [1.54, 1.807) is 0 Å². The first-order valence-corrected chi connectivity index (χ1v) is 11.1. The van der Waals surface area contributed by atoms with Crippen molar-refractivity contribution in [3.8, 4) is 0 Å². The maximum absolute atomic E-state index is 12.6. The third-order valence-electron chi connectivity index (χ3n) is 5.79. The van der Waals surface area contributed by atoms with E-state index in [4.69, 9.17) is 4.98 Å². The largest absolute Gasteiger partial charge is 0.548 e. The minimum atomic E-state index is -2.96. The van der Waals surface area contributed by atoms with E-state index in [2.05, 4.69) is 27.3 Å². The van der Waals surface area contributed by atoms with E-state index < -0.39 is 29.2 Å². The van der Waals surface area contributed by atoms with Crippen LogP contribution >= 0.6 is 22.6 Å². The van der Waals surface area contributed by atoms with Gasteiger partial charge in [-0.05, 0) is 59.5 Å². The molecule has 0 amide bonds. The van der Waals surface area contributed by atoms with E-state index in [0.717, 1.165) is 16.2 Å². The third-order valence-corrected chi connectivity index (χ3v) is 6.51. The zero-order valence-electron chi connectivity index (χ0n) is 17.5. The Morgan fingerprint density at radius 2 is 1.84 bits per heavy atom. The van der Waals surface area contributed by atoms with Crippen molar-refractivity contribution in [2.24, 2.45) is 5.41 Å². The summed E-state index contributed by atoms with van der Waals surface area (Å²) in [7, 11) is 0.954. The number of carbonyl (C=O) groups is 3. The Bertz CT molecular complexity index is 998. The number of methoxy groups -OCH3 is 1. The Kier molecular flexibility index (Phi) is 6.73. The summed E-state index contributed by atoms with van der Waals surface area (Å²) in [6.07, 6.45) is 1.19. The normalized spacial score (nSPS) is 16.1. The first kappa shape index (κ1) is 23.2. The monoisotopic (exact) mass is 538 g/mol. The predicted molar refractivity (Wildman–Crippen MR) is 115 cm³/mol. The van der Waals surface area contributed by atoms with E-state index >= 15 is 0 Å². The lowest BCUT2D eigenvalue weighted by Crippen LogP contribution is -2.62. The van der Waals surface area contributed by atoms with Gasteiger partial charge in [0.15, 0.2) is 5.41 Å². The molecule has 1 aromatic heterocycles. The number of fused-ring (bicyclic) bond motifs is 1. The van der Waals surface area contributed by atoms with Crippen molar-refractivity contribution in [3.63, 3.8) is 0 Å². The van der Waals surface area contributed by atoms with Gasteiger partial charge in [-0.2, -0.15) is 0 Å². The number of ether oxygens (including phenoxy) is 1. The number of aliphatic carboxylic acids is 2. The van der Waals surface area contributed by atoms with Gasteiger partial charge in [0, 0.05) is 27.6 Å². The first-order chi connectivity index (χ1) is 14.6.